The lowest BCUT2D eigenvalue weighted by Crippen LogP contribution is -2.37. The van der Waals surface area contributed by atoms with E-state index >= 15 is 0 Å². The lowest BCUT2D eigenvalue weighted by Gasteiger charge is -2.14. The second-order valence-electron chi connectivity index (χ2n) is 6.61. The van der Waals surface area contributed by atoms with Gasteiger partial charge in [0.15, 0.2) is 5.96 Å². The van der Waals surface area contributed by atoms with Crippen LogP contribution in [0.25, 0.3) is 0 Å². The molecule has 6 nitrogen and oxygen atoms in total. The summed E-state index contributed by atoms with van der Waals surface area (Å²) in [6.45, 7) is 7.95. The molecule has 1 aliphatic rings. The highest BCUT2D eigenvalue weighted by atomic mass is 127. The largest absolute Gasteiger partial charge is 0.494 e. The maximum Gasteiger partial charge on any atom is 0.191 e. The summed E-state index contributed by atoms with van der Waals surface area (Å²) >= 11 is 0. The SMILES string of the molecule is CCNC(=NCc1cc2c(cc1OCC)CC(C)O2)NCc1ncccc1F.I. The van der Waals surface area contributed by atoms with E-state index in [2.05, 4.69) is 33.6 Å². The van der Waals surface area contributed by atoms with Crippen LogP contribution in [0.1, 0.15) is 37.6 Å². The van der Waals surface area contributed by atoms with E-state index in [1.165, 1.54) is 11.6 Å². The first-order valence-corrected chi connectivity index (χ1v) is 9.67. The number of aromatic nitrogens is 1. The second kappa shape index (κ2) is 11.2. The van der Waals surface area contributed by atoms with Gasteiger partial charge in [0, 0.05) is 30.3 Å². The standard InChI is InChI=1S/C21H27FN4O2.HI/c1-4-23-21(26-13-18-17(22)7-6-8-24-18)25-12-16-11-20-15(9-14(3)28-20)10-19(16)27-5-2;/h6-8,10-11,14H,4-5,9,12-13H2,1-3H3,(H2,23,25,26);1H. The summed E-state index contributed by atoms with van der Waals surface area (Å²) in [4.78, 5) is 8.68. The Morgan fingerprint density at radius 3 is 2.90 bits per heavy atom. The quantitative estimate of drug-likeness (QED) is 0.334. The van der Waals surface area contributed by atoms with E-state index in [0.717, 1.165) is 23.5 Å². The smallest absolute Gasteiger partial charge is 0.191 e. The highest BCUT2D eigenvalue weighted by Gasteiger charge is 2.21. The van der Waals surface area contributed by atoms with Crippen LogP contribution in [0.15, 0.2) is 35.5 Å². The van der Waals surface area contributed by atoms with E-state index in [1.54, 1.807) is 12.3 Å². The molecule has 0 saturated carbocycles. The summed E-state index contributed by atoms with van der Waals surface area (Å²) in [5.74, 6) is 1.98. The number of fused-ring (bicyclic) bond motifs is 1. The number of benzene rings is 1. The van der Waals surface area contributed by atoms with Crippen LogP contribution in [0.5, 0.6) is 11.5 Å². The molecule has 0 radical (unpaired) electrons. The van der Waals surface area contributed by atoms with Crippen molar-refractivity contribution >= 4 is 29.9 Å². The molecule has 2 heterocycles. The van der Waals surface area contributed by atoms with Gasteiger partial charge in [0.1, 0.15) is 23.4 Å². The fourth-order valence-corrected chi connectivity index (χ4v) is 3.12. The normalized spacial score (nSPS) is 15.2. The van der Waals surface area contributed by atoms with E-state index in [1.807, 2.05) is 19.9 Å². The van der Waals surface area contributed by atoms with Crippen molar-refractivity contribution in [2.45, 2.75) is 46.4 Å². The number of nitrogens with one attached hydrogen (secondary N) is 2. The number of hydrogen-bond acceptors (Lipinski definition) is 4. The third-order valence-corrected chi connectivity index (χ3v) is 4.39. The molecular formula is C21H28FIN4O2. The van der Waals surface area contributed by atoms with Gasteiger partial charge in [-0.2, -0.15) is 0 Å². The first-order valence-electron chi connectivity index (χ1n) is 9.67. The van der Waals surface area contributed by atoms with Gasteiger partial charge in [0.05, 0.1) is 25.4 Å². The van der Waals surface area contributed by atoms with Crippen LogP contribution in [0.4, 0.5) is 4.39 Å². The van der Waals surface area contributed by atoms with Crippen LogP contribution in [0.3, 0.4) is 0 Å². The number of ether oxygens (including phenoxy) is 2. The number of halogens is 2. The maximum absolute atomic E-state index is 13.8. The lowest BCUT2D eigenvalue weighted by atomic mass is 10.1. The molecule has 0 amide bonds. The Kier molecular flexibility index (Phi) is 8.94. The zero-order valence-electron chi connectivity index (χ0n) is 17.0. The number of guanidine groups is 1. The molecule has 0 spiro atoms. The van der Waals surface area contributed by atoms with Crippen molar-refractivity contribution in [3.8, 4) is 11.5 Å². The molecule has 0 saturated heterocycles. The van der Waals surface area contributed by atoms with Gasteiger partial charge in [-0.15, -0.1) is 24.0 Å². The van der Waals surface area contributed by atoms with Gasteiger partial charge in [-0.05, 0) is 45.0 Å². The summed E-state index contributed by atoms with van der Waals surface area (Å²) in [6.07, 6.45) is 2.64. The van der Waals surface area contributed by atoms with Crippen molar-refractivity contribution in [3.05, 3.63) is 53.1 Å². The number of nitrogens with zero attached hydrogens (tertiary/aromatic N) is 2. The molecule has 1 aromatic heterocycles. The first-order chi connectivity index (χ1) is 13.6. The van der Waals surface area contributed by atoms with Crippen LogP contribution in [0, 0.1) is 5.82 Å². The highest BCUT2D eigenvalue weighted by Crippen LogP contribution is 2.35. The first kappa shape index (κ1) is 23.2. The fourth-order valence-electron chi connectivity index (χ4n) is 3.12. The Hall–Kier alpha value is -2.10. The van der Waals surface area contributed by atoms with Crippen LogP contribution >= 0.6 is 24.0 Å². The summed E-state index contributed by atoms with van der Waals surface area (Å²) in [5.41, 5.74) is 2.47. The Bertz CT molecular complexity index is 847. The zero-order chi connectivity index (χ0) is 19.9. The van der Waals surface area contributed by atoms with E-state index in [4.69, 9.17) is 9.47 Å². The molecule has 1 unspecified atom stereocenters. The monoisotopic (exact) mass is 514 g/mol. The fraction of sp³-hybridized carbons (Fsp3) is 0.429. The number of rotatable bonds is 7. The van der Waals surface area contributed by atoms with Crippen LogP contribution in [0.2, 0.25) is 0 Å². The minimum absolute atomic E-state index is 0. The molecule has 1 atom stereocenters. The number of aliphatic imine (C=N–C) groups is 1. The van der Waals surface area contributed by atoms with Crippen molar-refractivity contribution in [1.29, 1.82) is 0 Å². The molecule has 29 heavy (non-hydrogen) atoms. The summed E-state index contributed by atoms with van der Waals surface area (Å²) < 4.78 is 25.5. The summed E-state index contributed by atoms with van der Waals surface area (Å²) in [7, 11) is 0. The Balaban J connectivity index is 0.00000300. The van der Waals surface area contributed by atoms with Crippen molar-refractivity contribution in [2.75, 3.05) is 13.2 Å². The van der Waals surface area contributed by atoms with Gasteiger partial charge in [-0.25, -0.2) is 9.38 Å². The van der Waals surface area contributed by atoms with E-state index < -0.39 is 0 Å². The average molecular weight is 514 g/mol. The van der Waals surface area contributed by atoms with Gasteiger partial charge < -0.3 is 20.1 Å². The molecule has 0 fully saturated rings. The Labute approximate surface area is 188 Å². The van der Waals surface area contributed by atoms with Gasteiger partial charge in [0.2, 0.25) is 0 Å². The van der Waals surface area contributed by atoms with Crippen molar-refractivity contribution < 1.29 is 13.9 Å². The minimum Gasteiger partial charge on any atom is -0.494 e. The van der Waals surface area contributed by atoms with Crippen molar-refractivity contribution in [3.63, 3.8) is 0 Å². The second-order valence-corrected chi connectivity index (χ2v) is 6.61. The molecule has 1 aliphatic heterocycles. The van der Waals surface area contributed by atoms with Gasteiger partial charge in [-0.3, -0.25) is 4.98 Å². The third-order valence-electron chi connectivity index (χ3n) is 4.39. The number of pyridine rings is 1. The number of hydrogen-bond donors (Lipinski definition) is 2. The van der Waals surface area contributed by atoms with E-state index in [-0.39, 0.29) is 42.4 Å². The Morgan fingerprint density at radius 2 is 2.17 bits per heavy atom. The lowest BCUT2D eigenvalue weighted by molar-refractivity contribution is 0.254. The predicted octanol–water partition coefficient (Wildman–Crippen LogP) is 3.82. The Morgan fingerprint density at radius 1 is 1.34 bits per heavy atom. The summed E-state index contributed by atoms with van der Waals surface area (Å²) in [5, 5.41) is 6.29. The third kappa shape index (κ3) is 6.19. The van der Waals surface area contributed by atoms with Gasteiger partial charge in [0.25, 0.3) is 0 Å². The predicted molar refractivity (Wildman–Crippen MR) is 123 cm³/mol. The topological polar surface area (TPSA) is 67.8 Å². The van der Waals surface area contributed by atoms with E-state index in [0.29, 0.717) is 31.3 Å². The molecular weight excluding hydrogens is 486 g/mol. The van der Waals surface area contributed by atoms with Crippen LogP contribution < -0.4 is 20.1 Å². The highest BCUT2D eigenvalue weighted by molar-refractivity contribution is 14.0. The molecule has 0 bridgehead atoms. The molecule has 1 aromatic carbocycles. The molecule has 8 heteroatoms. The summed E-state index contributed by atoms with van der Waals surface area (Å²) in [6, 6.07) is 7.03. The van der Waals surface area contributed by atoms with Gasteiger partial charge >= 0.3 is 0 Å². The van der Waals surface area contributed by atoms with Crippen molar-refractivity contribution in [2.24, 2.45) is 4.99 Å². The molecule has 158 valence electrons. The van der Waals surface area contributed by atoms with Crippen LogP contribution in [-0.2, 0) is 19.5 Å². The molecule has 3 rings (SSSR count). The average Bonchev–Trinajstić information content (AvgIpc) is 3.04. The van der Waals surface area contributed by atoms with Gasteiger partial charge in [-0.1, -0.05) is 0 Å². The molecule has 2 N–H and O–H groups in total. The molecule has 0 aliphatic carbocycles. The van der Waals surface area contributed by atoms with E-state index in [9.17, 15) is 4.39 Å². The zero-order valence-corrected chi connectivity index (χ0v) is 19.3. The minimum atomic E-state index is -0.339. The van der Waals surface area contributed by atoms with Crippen molar-refractivity contribution in [1.82, 2.24) is 15.6 Å². The van der Waals surface area contributed by atoms with Crippen LogP contribution in [-0.4, -0.2) is 30.2 Å². The molecule has 2 aromatic rings. The maximum atomic E-state index is 13.8.